The first kappa shape index (κ1) is 25.1. The summed E-state index contributed by atoms with van der Waals surface area (Å²) in [5, 5.41) is 14.6. The minimum Gasteiger partial charge on any atom is -0.457 e. The Hall–Kier alpha value is -4.24. The van der Waals surface area contributed by atoms with Crippen molar-refractivity contribution in [2.24, 2.45) is 13.0 Å². The number of ether oxygens (including phenoxy) is 1. The number of anilines is 3. The van der Waals surface area contributed by atoms with Gasteiger partial charge in [-0.1, -0.05) is 0 Å². The number of nitrogens with one attached hydrogen (secondary N) is 1. The number of rotatable bonds is 7. The predicted octanol–water partition coefficient (Wildman–Crippen LogP) is 5.74. The number of nitrogens with zero attached hydrogens (tertiary/aromatic N) is 6. The van der Waals surface area contributed by atoms with E-state index in [4.69, 9.17) is 9.72 Å². The highest BCUT2D eigenvalue weighted by atomic mass is 16.5. The summed E-state index contributed by atoms with van der Waals surface area (Å²) in [5.74, 6) is 2.49. The molecule has 0 atom stereocenters. The number of fused-ring (bicyclic) bond motifs is 2. The van der Waals surface area contributed by atoms with Crippen LogP contribution in [-0.4, -0.2) is 48.3 Å². The fourth-order valence-electron chi connectivity index (χ4n) is 5.15. The highest BCUT2D eigenvalue weighted by Crippen LogP contribution is 2.40. The molecule has 0 bridgehead atoms. The summed E-state index contributed by atoms with van der Waals surface area (Å²) >= 11 is 0. The first-order valence-corrected chi connectivity index (χ1v) is 13.2. The van der Waals surface area contributed by atoms with Crippen LogP contribution < -0.4 is 15.0 Å². The summed E-state index contributed by atoms with van der Waals surface area (Å²) in [6.45, 7) is 5.79. The number of aliphatic hydroxyl groups is 1. The van der Waals surface area contributed by atoms with E-state index in [1.54, 1.807) is 18.7 Å². The van der Waals surface area contributed by atoms with Gasteiger partial charge in [0.25, 0.3) is 0 Å². The summed E-state index contributed by atoms with van der Waals surface area (Å²) < 4.78 is 8.17. The lowest BCUT2D eigenvalue weighted by atomic mass is 9.71. The number of benzene rings is 2. The Kier molecular flexibility index (Phi) is 6.10. The van der Waals surface area contributed by atoms with E-state index >= 15 is 0 Å². The topological polar surface area (TPSA) is 101 Å². The minimum atomic E-state index is -0.657. The molecule has 0 aliphatic heterocycles. The SMILES string of the molecule is Cc1cc(Nc2cncc3cnc(N(C)C4CC(C(C)(C)O)C4)nc23)ccc1Oc1ccc2c(c1)ncn2C. The van der Waals surface area contributed by atoms with Crippen molar-refractivity contribution in [3.05, 3.63) is 66.9 Å². The molecular formula is C30H33N7O2. The van der Waals surface area contributed by atoms with E-state index in [9.17, 15) is 5.11 Å². The van der Waals surface area contributed by atoms with Gasteiger partial charge in [0.05, 0.1) is 34.8 Å². The molecule has 0 unspecified atom stereocenters. The Balaban J connectivity index is 1.20. The zero-order chi connectivity index (χ0) is 27.3. The van der Waals surface area contributed by atoms with Gasteiger partial charge in [0.15, 0.2) is 0 Å². The molecule has 5 aromatic rings. The lowest BCUT2D eigenvalue weighted by Gasteiger charge is -2.46. The van der Waals surface area contributed by atoms with E-state index in [0.717, 1.165) is 63.2 Å². The van der Waals surface area contributed by atoms with Crippen molar-refractivity contribution in [3.8, 4) is 11.5 Å². The zero-order valence-corrected chi connectivity index (χ0v) is 22.9. The van der Waals surface area contributed by atoms with E-state index in [0.29, 0.717) is 17.9 Å². The van der Waals surface area contributed by atoms with Crippen LogP contribution in [0, 0.1) is 12.8 Å². The van der Waals surface area contributed by atoms with Gasteiger partial charge in [0.2, 0.25) is 5.95 Å². The Morgan fingerprint density at radius 2 is 1.90 bits per heavy atom. The molecule has 1 fully saturated rings. The fourth-order valence-corrected chi connectivity index (χ4v) is 5.15. The summed E-state index contributed by atoms with van der Waals surface area (Å²) in [4.78, 5) is 20.4. The highest BCUT2D eigenvalue weighted by molar-refractivity contribution is 5.91. The van der Waals surface area contributed by atoms with Crippen LogP contribution in [0.3, 0.4) is 0 Å². The Bertz CT molecular complexity index is 1670. The Morgan fingerprint density at radius 3 is 2.67 bits per heavy atom. The molecule has 6 rings (SSSR count). The van der Waals surface area contributed by atoms with E-state index in [2.05, 4.69) is 25.2 Å². The molecule has 3 heterocycles. The molecule has 1 aliphatic carbocycles. The highest BCUT2D eigenvalue weighted by Gasteiger charge is 2.41. The summed E-state index contributed by atoms with van der Waals surface area (Å²) in [5.41, 5.74) is 4.83. The quantitative estimate of drug-likeness (QED) is 0.278. The van der Waals surface area contributed by atoms with Crippen molar-refractivity contribution < 1.29 is 9.84 Å². The molecule has 0 radical (unpaired) electrons. The van der Waals surface area contributed by atoms with Crippen molar-refractivity contribution in [2.45, 2.75) is 45.3 Å². The summed E-state index contributed by atoms with van der Waals surface area (Å²) in [7, 11) is 4.00. The second kappa shape index (κ2) is 9.50. The predicted molar refractivity (Wildman–Crippen MR) is 154 cm³/mol. The smallest absolute Gasteiger partial charge is 0.225 e. The van der Waals surface area contributed by atoms with Crippen LogP contribution in [0.2, 0.25) is 0 Å². The average Bonchev–Trinajstić information content (AvgIpc) is 3.23. The van der Waals surface area contributed by atoms with E-state index < -0.39 is 5.60 Å². The van der Waals surface area contributed by atoms with Crippen LogP contribution in [0.4, 0.5) is 17.3 Å². The van der Waals surface area contributed by atoms with Gasteiger partial charge in [0.1, 0.15) is 17.0 Å². The molecule has 2 aromatic carbocycles. The van der Waals surface area contributed by atoms with Crippen molar-refractivity contribution in [2.75, 3.05) is 17.3 Å². The second-order valence-corrected chi connectivity index (χ2v) is 11.1. The maximum Gasteiger partial charge on any atom is 0.225 e. The number of aryl methyl sites for hydroxylation is 2. The van der Waals surface area contributed by atoms with Gasteiger partial charge in [-0.05, 0) is 75.4 Å². The van der Waals surface area contributed by atoms with Crippen molar-refractivity contribution in [3.63, 3.8) is 0 Å². The molecule has 1 saturated carbocycles. The van der Waals surface area contributed by atoms with Crippen LogP contribution in [0.15, 0.2) is 61.3 Å². The lowest BCUT2D eigenvalue weighted by molar-refractivity contribution is -0.0267. The van der Waals surface area contributed by atoms with Gasteiger partial charge in [0, 0.05) is 49.7 Å². The fraction of sp³-hybridized carbons (Fsp3) is 0.333. The molecule has 0 amide bonds. The van der Waals surface area contributed by atoms with E-state index in [1.807, 2.05) is 82.0 Å². The maximum absolute atomic E-state index is 10.3. The molecule has 1 aliphatic rings. The van der Waals surface area contributed by atoms with Gasteiger partial charge in [-0.25, -0.2) is 15.0 Å². The number of imidazole rings is 1. The molecule has 39 heavy (non-hydrogen) atoms. The van der Waals surface area contributed by atoms with Gasteiger partial charge in [-0.2, -0.15) is 0 Å². The molecule has 2 N–H and O–H groups in total. The van der Waals surface area contributed by atoms with Crippen molar-refractivity contribution in [1.82, 2.24) is 24.5 Å². The normalized spacial score (nSPS) is 17.3. The largest absolute Gasteiger partial charge is 0.457 e. The number of hydrogen-bond acceptors (Lipinski definition) is 8. The van der Waals surface area contributed by atoms with Gasteiger partial charge in [-0.15, -0.1) is 0 Å². The van der Waals surface area contributed by atoms with E-state index in [1.165, 1.54) is 0 Å². The summed E-state index contributed by atoms with van der Waals surface area (Å²) in [6.07, 6.45) is 9.03. The maximum atomic E-state index is 10.3. The van der Waals surface area contributed by atoms with Crippen LogP contribution >= 0.6 is 0 Å². The number of hydrogen-bond donors (Lipinski definition) is 2. The minimum absolute atomic E-state index is 0.292. The average molecular weight is 524 g/mol. The zero-order valence-electron chi connectivity index (χ0n) is 22.9. The van der Waals surface area contributed by atoms with E-state index in [-0.39, 0.29) is 0 Å². The van der Waals surface area contributed by atoms with Crippen LogP contribution in [0.5, 0.6) is 11.5 Å². The molecule has 3 aromatic heterocycles. The summed E-state index contributed by atoms with van der Waals surface area (Å²) in [6, 6.07) is 12.2. The molecule has 0 spiro atoms. The van der Waals surface area contributed by atoms with Crippen LogP contribution in [0.1, 0.15) is 32.3 Å². The van der Waals surface area contributed by atoms with Crippen LogP contribution in [-0.2, 0) is 7.05 Å². The Labute approximate surface area is 227 Å². The number of pyridine rings is 1. The van der Waals surface area contributed by atoms with Gasteiger partial charge >= 0.3 is 0 Å². The third kappa shape index (κ3) is 4.85. The first-order chi connectivity index (χ1) is 18.7. The molecule has 200 valence electrons. The number of aromatic nitrogens is 5. The molecule has 0 saturated heterocycles. The molecule has 9 heteroatoms. The monoisotopic (exact) mass is 523 g/mol. The second-order valence-electron chi connectivity index (χ2n) is 11.1. The molecular weight excluding hydrogens is 490 g/mol. The third-order valence-corrected chi connectivity index (χ3v) is 7.83. The Morgan fingerprint density at radius 1 is 1.08 bits per heavy atom. The molecule has 9 nitrogen and oxygen atoms in total. The van der Waals surface area contributed by atoms with Gasteiger partial charge < -0.3 is 24.6 Å². The van der Waals surface area contributed by atoms with Crippen molar-refractivity contribution in [1.29, 1.82) is 0 Å². The van der Waals surface area contributed by atoms with Gasteiger partial charge in [-0.3, -0.25) is 4.98 Å². The van der Waals surface area contributed by atoms with Crippen LogP contribution in [0.25, 0.3) is 21.9 Å². The lowest BCUT2D eigenvalue weighted by Crippen LogP contribution is -2.50. The first-order valence-electron chi connectivity index (χ1n) is 13.2. The third-order valence-electron chi connectivity index (χ3n) is 7.83. The van der Waals surface area contributed by atoms with Crippen molar-refractivity contribution >= 4 is 39.3 Å². The standard InChI is InChI=1S/C30H33N7O2/c1-18-10-21(6-9-27(18)39-23-7-8-26-24(13-23)33-17-36(26)4)34-25-16-31-14-19-15-32-29(35-28(19)25)37(5)22-11-20(12-22)30(2,3)38/h6-10,13-17,20,22,34,38H,11-12H2,1-5H3.